The van der Waals surface area contributed by atoms with Gasteiger partial charge in [0.1, 0.15) is 0 Å². The second-order valence-electron chi connectivity index (χ2n) is 3.65. The molecule has 0 saturated heterocycles. The van der Waals surface area contributed by atoms with Crippen molar-refractivity contribution in [2.75, 3.05) is 6.26 Å². The third kappa shape index (κ3) is 2.82. The molecule has 0 aliphatic heterocycles. The van der Waals surface area contributed by atoms with E-state index in [1.165, 1.54) is 12.1 Å². The highest BCUT2D eigenvalue weighted by atomic mass is 32.2. The third-order valence-electron chi connectivity index (χ3n) is 2.23. The predicted molar refractivity (Wildman–Crippen MR) is 60.5 cm³/mol. The minimum Gasteiger partial charge on any atom is -0.478 e. The van der Waals surface area contributed by atoms with Crippen molar-refractivity contribution in [1.82, 2.24) is 0 Å². The summed E-state index contributed by atoms with van der Waals surface area (Å²) < 4.78 is 23.0. The zero-order chi connectivity index (χ0) is 12.3. The van der Waals surface area contributed by atoms with Crippen LogP contribution in [0.25, 0.3) is 0 Å². The van der Waals surface area contributed by atoms with E-state index in [9.17, 15) is 13.2 Å². The summed E-state index contributed by atoms with van der Waals surface area (Å²) in [6, 6.07) is 4.23. The fourth-order valence-corrected chi connectivity index (χ4v) is 2.50. The number of hydrogen-bond donors (Lipinski definition) is 1. The fraction of sp³-hybridized carbons (Fsp3) is 0.364. The van der Waals surface area contributed by atoms with Crippen LogP contribution in [-0.2, 0) is 16.3 Å². The molecule has 0 aliphatic carbocycles. The normalized spacial score (nSPS) is 11.4. The molecule has 0 unspecified atom stereocenters. The first-order valence-electron chi connectivity index (χ1n) is 4.92. The summed E-state index contributed by atoms with van der Waals surface area (Å²) >= 11 is 0. The molecule has 88 valence electrons. The quantitative estimate of drug-likeness (QED) is 0.873. The largest absolute Gasteiger partial charge is 0.478 e. The van der Waals surface area contributed by atoms with E-state index in [-0.39, 0.29) is 10.5 Å². The van der Waals surface area contributed by atoms with Crippen LogP contribution >= 0.6 is 0 Å². The summed E-state index contributed by atoms with van der Waals surface area (Å²) in [6.45, 7) is 1.94. The molecule has 0 atom stereocenters. The first kappa shape index (κ1) is 12.7. The van der Waals surface area contributed by atoms with E-state index in [1.54, 1.807) is 6.07 Å². The Morgan fingerprint density at radius 1 is 1.38 bits per heavy atom. The zero-order valence-corrected chi connectivity index (χ0v) is 10.0. The van der Waals surface area contributed by atoms with Gasteiger partial charge in [-0.2, -0.15) is 0 Å². The molecule has 4 nitrogen and oxygen atoms in total. The van der Waals surface area contributed by atoms with Crippen LogP contribution in [0.4, 0.5) is 0 Å². The summed E-state index contributed by atoms with van der Waals surface area (Å²) in [5.41, 5.74) is 0.676. The van der Waals surface area contributed by atoms with E-state index in [4.69, 9.17) is 5.11 Å². The van der Waals surface area contributed by atoms with Crippen molar-refractivity contribution in [1.29, 1.82) is 0 Å². The van der Waals surface area contributed by atoms with Crippen LogP contribution in [0.3, 0.4) is 0 Å². The lowest BCUT2D eigenvalue weighted by molar-refractivity contribution is 0.0696. The summed E-state index contributed by atoms with van der Waals surface area (Å²) in [7, 11) is -3.38. The smallest absolute Gasteiger partial charge is 0.335 e. The molecular weight excluding hydrogens is 228 g/mol. The highest BCUT2D eigenvalue weighted by Gasteiger charge is 2.15. The molecule has 5 heteroatoms. The summed E-state index contributed by atoms with van der Waals surface area (Å²) in [5, 5.41) is 8.80. The van der Waals surface area contributed by atoms with Gasteiger partial charge in [0, 0.05) is 6.26 Å². The van der Waals surface area contributed by atoms with Crippen LogP contribution in [-0.4, -0.2) is 25.7 Å². The Hall–Kier alpha value is -1.36. The molecule has 1 N–H and O–H groups in total. The van der Waals surface area contributed by atoms with Crippen LogP contribution < -0.4 is 0 Å². The Balaban J connectivity index is 3.39. The molecule has 16 heavy (non-hydrogen) atoms. The summed E-state index contributed by atoms with van der Waals surface area (Å²) in [4.78, 5) is 10.9. The standard InChI is InChI=1S/C11H14O4S/c1-3-4-8-5-6-9(11(12)13)7-10(8)16(2,14)15/h5-7H,3-4H2,1-2H3,(H,12,13). The van der Waals surface area contributed by atoms with E-state index in [0.717, 1.165) is 12.7 Å². The average molecular weight is 242 g/mol. The number of carboxylic acid groups (broad SMARTS) is 1. The second-order valence-corrected chi connectivity index (χ2v) is 5.63. The fourth-order valence-electron chi connectivity index (χ4n) is 1.51. The lowest BCUT2D eigenvalue weighted by Gasteiger charge is -2.07. The molecule has 0 spiro atoms. The van der Waals surface area contributed by atoms with Crippen LogP contribution in [0.5, 0.6) is 0 Å². The Morgan fingerprint density at radius 2 is 2.00 bits per heavy atom. The van der Waals surface area contributed by atoms with Crippen molar-refractivity contribution in [2.24, 2.45) is 0 Å². The van der Waals surface area contributed by atoms with Gasteiger partial charge in [-0.1, -0.05) is 19.4 Å². The highest BCUT2D eigenvalue weighted by Crippen LogP contribution is 2.19. The Labute approximate surface area is 94.8 Å². The number of sulfone groups is 1. The van der Waals surface area contributed by atoms with Crippen molar-refractivity contribution in [3.05, 3.63) is 29.3 Å². The van der Waals surface area contributed by atoms with Crippen molar-refractivity contribution in [3.8, 4) is 0 Å². The van der Waals surface area contributed by atoms with Crippen LogP contribution in [0.15, 0.2) is 23.1 Å². The minimum atomic E-state index is -3.38. The molecule has 0 bridgehead atoms. The summed E-state index contributed by atoms with van der Waals surface area (Å²) in [5.74, 6) is -1.12. The van der Waals surface area contributed by atoms with Gasteiger partial charge in [0.2, 0.25) is 0 Å². The van der Waals surface area contributed by atoms with Gasteiger partial charge >= 0.3 is 5.97 Å². The van der Waals surface area contributed by atoms with E-state index in [2.05, 4.69) is 0 Å². The van der Waals surface area contributed by atoms with Crippen molar-refractivity contribution in [3.63, 3.8) is 0 Å². The van der Waals surface area contributed by atoms with Gasteiger partial charge in [0.25, 0.3) is 0 Å². The molecule has 0 fully saturated rings. The molecule has 1 aromatic rings. The molecule has 0 heterocycles. The van der Waals surface area contributed by atoms with Crippen molar-refractivity contribution in [2.45, 2.75) is 24.7 Å². The maximum Gasteiger partial charge on any atom is 0.335 e. The number of aryl methyl sites for hydroxylation is 1. The maximum atomic E-state index is 11.5. The van der Waals surface area contributed by atoms with Crippen molar-refractivity contribution >= 4 is 15.8 Å². The lowest BCUT2D eigenvalue weighted by atomic mass is 10.1. The van der Waals surface area contributed by atoms with Crippen LogP contribution in [0.1, 0.15) is 29.3 Å². The number of aromatic carboxylic acids is 1. The first-order valence-corrected chi connectivity index (χ1v) is 6.81. The highest BCUT2D eigenvalue weighted by molar-refractivity contribution is 7.90. The number of benzene rings is 1. The number of carboxylic acids is 1. The minimum absolute atomic E-state index is 0.000257. The molecule has 0 aromatic heterocycles. The Kier molecular flexibility index (Phi) is 3.70. The monoisotopic (exact) mass is 242 g/mol. The zero-order valence-electron chi connectivity index (χ0n) is 9.23. The molecule has 1 rings (SSSR count). The Bertz CT molecular complexity index is 503. The lowest BCUT2D eigenvalue weighted by Crippen LogP contribution is -2.06. The van der Waals surface area contributed by atoms with E-state index < -0.39 is 15.8 Å². The molecule has 0 aliphatic rings. The van der Waals surface area contributed by atoms with Crippen LogP contribution in [0, 0.1) is 0 Å². The number of rotatable bonds is 4. The predicted octanol–water partition coefficient (Wildman–Crippen LogP) is 1.74. The topological polar surface area (TPSA) is 71.4 Å². The van der Waals surface area contributed by atoms with E-state index in [0.29, 0.717) is 12.0 Å². The second kappa shape index (κ2) is 4.65. The van der Waals surface area contributed by atoms with Gasteiger partial charge < -0.3 is 5.11 Å². The molecule has 0 amide bonds. The van der Waals surface area contributed by atoms with E-state index >= 15 is 0 Å². The SMILES string of the molecule is CCCc1ccc(C(=O)O)cc1S(C)(=O)=O. The molecule has 0 radical (unpaired) electrons. The Morgan fingerprint density at radius 3 is 2.44 bits per heavy atom. The third-order valence-corrected chi connectivity index (χ3v) is 3.41. The van der Waals surface area contributed by atoms with Gasteiger partial charge in [0.15, 0.2) is 9.84 Å². The molecule has 0 saturated carbocycles. The van der Waals surface area contributed by atoms with Gasteiger partial charge in [-0.05, 0) is 24.1 Å². The van der Waals surface area contributed by atoms with Crippen LogP contribution in [0.2, 0.25) is 0 Å². The number of carbonyl (C=O) groups is 1. The van der Waals surface area contributed by atoms with Gasteiger partial charge in [0.05, 0.1) is 10.5 Å². The number of hydrogen-bond acceptors (Lipinski definition) is 3. The van der Waals surface area contributed by atoms with Crippen molar-refractivity contribution < 1.29 is 18.3 Å². The maximum absolute atomic E-state index is 11.5. The van der Waals surface area contributed by atoms with Gasteiger partial charge in [-0.3, -0.25) is 0 Å². The summed E-state index contributed by atoms with van der Waals surface area (Å²) in [6.07, 6.45) is 2.53. The van der Waals surface area contributed by atoms with Gasteiger partial charge in [-0.25, -0.2) is 13.2 Å². The average Bonchev–Trinajstić information content (AvgIpc) is 2.16. The van der Waals surface area contributed by atoms with Gasteiger partial charge in [-0.15, -0.1) is 0 Å². The molecular formula is C11H14O4S. The first-order chi connectivity index (χ1) is 7.36. The molecule has 1 aromatic carbocycles. The van der Waals surface area contributed by atoms with E-state index in [1.807, 2.05) is 6.92 Å².